The van der Waals surface area contributed by atoms with Gasteiger partial charge in [-0.15, -0.1) is 0 Å². The van der Waals surface area contributed by atoms with Gasteiger partial charge in [0.25, 0.3) is 0 Å². The molecule has 3 rings (SSSR count). The van der Waals surface area contributed by atoms with Gasteiger partial charge in [-0.05, 0) is 42.7 Å². The minimum Gasteiger partial charge on any atom is -0.380 e. The highest BCUT2D eigenvalue weighted by Gasteiger charge is 2.33. The number of rotatable bonds is 6. The molecule has 7 heteroatoms. The van der Waals surface area contributed by atoms with Gasteiger partial charge < -0.3 is 10.1 Å². The fourth-order valence-electron chi connectivity index (χ4n) is 3.27. The van der Waals surface area contributed by atoms with Crippen LogP contribution >= 0.6 is 0 Å². The lowest BCUT2D eigenvalue weighted by atomic mass is 9.98. The van der Waals surface area contributed by atoms with Gasteiger partial charge in [0.15, 0.2) is 0 Å². The second-order valence-corrected chi connectivity index (χ2v) is 8.58. The molecule has 0 bridgehead atoms. The summed E-state index contributed by atoms with van der Waals surface area (Å²) in [7, 11) is -1.96. The van der Waals surface area contributed by atoms with Crippen molar-refractivity contribution in [3.8, 4) is 0 Å². The van der Waals surface area contributed by atoms with Gasteiger partial charge >= 0.3 is 0 Å². The van der Waals surface area contributed by atoms with Crippen molar-refractivity contribution in [2.24, 2.45) is 5.92 Å². The molecule has 144 valence electrons. The van der Waals surface area contributed by atoms with Crippen molar-refractivity contribution < 1.29 is 17.9 Å². The van der Waals surface area contributed by atoms with E-state index in [4.69, 9.17) is 4.74 Å². The molecule has 1 unspecified atom stereocenters. The zero-order valence-electron chi connectivity index (χ0n) is 15.3. The molecule has 1 aliphatic heterocycles. The summed E-state index contributed by atoms with van der Waals surface area (Å²) in [4.78, 5) is 12.9. The van der Waals surface area contributed by atoms with Gasteiger partial charge in [0.05, 0.1) is 17.4 Å². The summed E-state index contributed by atoms with van der Waals surface area (Å²) in [6.07, 6.45) is 1.33. The lowest BCUT2D eigenvalue weighted by Crippen LogP contribution is -2.43. The quantitative estimate of drug-likeness (QED) is 0.826. The van der Waals surface area contributed by atoms with Crippen molar-refractivity contribution >= 4 is 21.6 Å². The van der Waals surface area contributed by atoms with Crippen LogP contribution in [-0.4, -0.2) is 38.8 Å². The molecule has 1 fully saturated rings. The minimum atomic E-state index is -3.58. The van der Waals surface area contributed by atoms with Gasteiger partial charge in [0, 0.05) is 25.9 Å². The SMILES string of the molecule is COCc1cccc(NC(=O)C2CCCN(S(=O)(=O)c3ccccc3)C2)c1. The van der Waals surface area contributed by atoms with E-state index in [1.807, 2.05) is 24.3 Å². The Balaban J connectivity index is 1.69. The predicted octanol–water partition coefficient (Wildman–Crippen LogP) is 2.87. The number of methoxy groups -OCH3 is 1. The Morgan fingerprint density at radius 2 is 1.96 bits per heavy atom. The molecule has 1 N–H and O–H groups in total. The Kier molecular flexibility index (Phi) is 6.26. The number of nitrogens with zero attached hydrogens (tertiary/aromatic N) is 1. The van der Waals surface area contributed by atoms with Crippen molar-refractivity contribution in [2.75, 3.05) is 25.5 Å². The maximum Gasteiger partial charge on any atom is 0.243 e. The maximum absolute atomic E-state index is 12.8. The lowest BCUT2D eigenvalue weighted by molar-refractivity contribution is -0.120. The lowest BCUT2D eigenvalue weighted by Gasteiger charge is -2.31. The van der Waals surface area contributed by atoms with Gasteiger partial charge in [-0.1, -0.05) is 30.3 Å². The van der Waals surface area contributed by atoms with Crippen LogP contribution in [0.15, 0.2) is 59.5 Å². The Morgan fingerprint density at radius 3 is 2.70 bits per heavy atom. The highest BCUT2D eigenvalue weighted by atomic mass is 32.2. The second-order valence-electron chi connectivity index (χ2n) is 6.64. The largest absolute Gasteiger partial charge is 0.380 e. The number of hydrogen-bond donors (Lipinski definition) is 1. The van der Waals surface area contributed by atoms with Crippen LogP contribution in [0.3, 0.4) is 0 Å². The van der Waals surface area contributed by atoms with Crippen LogP contribution in [0.4, 0.5) is 5.69 Å². The molecule has 0 radical (unpaired) electrons. The Hall–Kier alpha value is -2.22. The molecule has 0 saturated carbocycles. The summed E-state index contributed by atoms with van der Waals surface area (Å²) in [5, 5.41) is 2.91. The standard InChI is InChI=1S/C20H24N2O4S/c1-26-15-16-7-5-9-18(13-16)21-20(23)17-8-6-12-22(14-17)27(24,25)19-10-3-2-4-11-19/h2-5,7,9-11,13,17H,6,8,12,14-15H2,1H3,(H,21,23). The summed E-state index contributed by atoms with van der Waals surface area (Å²) in [5.41, 5.74) is 1.66. The minimum absolute atomic E-state index is 0.155. The highest BCUT2D eigenvalue weighted by Crippen LogP contribution is 2.25. The number of anilines is 1. The number of nitrogens with one attached hydrogen (secondary N) is 1. The average Bonchev–Trinajstić information content (AvgIpc) is 2.69. The number of piperidine rings is 1. The molecule has 0 aliphatic carbocycles. The smallest absolute Gasteiger partial charge is 0.243 e. The molecule has 1 atom stereocenters. The zero-order valence-corrected chi connectivity index (χ0v) is 16.1. The van der Waals surface area contributed by atoms with Gasteiger partial charge in [-0.25, -0.2) is 8.42 Å². The van der Waals surface area contributed by atoms with Gasteiger partial charge in [0.2, 0.25) is 15.9 Å². The van der Waals surface area contributed by atoms with Crippen LogP contribution in [-0.2, 0) is 26.2 Å². The molecule has 1 aliphatic rings. The fraction of sp³-hybridized carbons (Fsp3) is 0.350. The summed E-state index contributed by atoms with van der Waals surface area (Å²) < 4.78 is 32.1. The third-order valence-electron chi connectivity index (χ3n) is 4.64. The van der Waals surface area contributed by atoms with E-state index >= 15 is 0 Å². The Morgan fingerprint density at radius 1 is 1.19 bits per heavy atom. The van der Waals surface area contributed by atoms with E-state index in [0.29, 0.717) is 31.7 Å². The van der Waals surface area contributed by atoms with Crippen LogP contribution in [0.1, 0.15) is 18.4 Å². The van der Waals surface area contributed by atoms with Crippen molar-refractivity contribution in [2.45, 2.75) is 24.3 Å². The molecule has 6 nitrogen and oxygen atoms in total. The summed E-state index contributed by atoms with van der Waals surface area (Å²) >= 11 is 0. The van der Waals surface area contributed by atoms with E-state index < -0.39 is 10.0 Å². The number of sulfonamides is 1. The van der Waals surface area contributed by atoms with Crippen LogP contribution in [0.5, 0.6) is 0 Å². The van der Waals surface area contributed by atoms with Crippen LogP contribution in [0, 0.1) is 5.92 Å². The van der Waals surface area contributed by atoms with Crippen LogP contribution in [0.25, 0.3) is 0 Å². The Bertz CT molecular complexity index is 884. The van der Waals surface area contributed by atoms with E-state index in [9.17, 15) is 13.2 Å². The molecule has 27 heavy (non-hydrogen) atoms. The predicted molar refractivity (Wildman–Crippen MR) is 104 cm³/mol. The van der Waals surface area contributed by atoms with Gasteiger partial charge in [-0.3, -0.25) is 4.79 Å². The number of amides is 1. The highest BCUT2D eigenvalue weighted by molar-refractivity contribution is 7.89. The van der Waals surface area contributed by atoms with Gasteiger partial charge in [0.1, 0.15) is 0 Å². The first-order valence-corrected chi connectivity index (χ1v) is 10.4. The van der Waals surface area contributed by atoms with E-state index in [1.54, 1.807) is 37.4 Å². The average molecular weight is 388 g/mol. The number of ether oxygens (including phenoxy) is 1. The van der Waals surface area contributed by atoms with Crippen molar-refractivity contribution in [1.29, 1.82) is 0 Å². The molecular formula is C20H24N2O4S. The summed E-state index contributed by atoms with van der Waals surface area (Å²) in [6.45, 7) is 1.10. The summed E-state index contributed by atoms with van der Waals surface area (Å²) in [6, 6.07) is 15.8. The molecule has 0 aromatic heterocycles. The second kappa shape index (κ2) is 8.65. The first kappa shape index (κ1) is 19.5. The molecule has 2 aromatic rings. The van der Waals surface area contributed by atoms with Gasteiger partial charge in [-0.2, -0.15) is 4.31 Å². The zero-order chi connectivity index (χ0) is 19.3. The first-order chi connectivity index (χ1) is 13.0. The molecular weight excluding hydrogens is 364 g/mol. The van der Waals surface area contributed by atoms with Crippen LogP contribution in [0.2, 0.25) is 0 Å². The molecule has 1 heterocycles. The first-order valence-electron chi connectivity index (χ1n) is 8.94. The number of benzene rings is 2. The van der Waals surface area contributed by atoms with E-state index in [2.05, 4.69) is 5.32 Å². The van der Waals surface area contributed by atoms with Crippen molar-refractivity contribution in [3.05, 3.63) is 60.2 Å². The topological polar surface area (TPSA) is 75.7 Å². The number of hydrogen-bond acceptors (Lipinski definition) is 4. The third kappa shape index (κ3) is 4.74. The van der Waals surface area contributed by atoms with E-state index in [1.165, 1.54) is 4.31 Å². The number of carbonyl (C=O) groups is 1. The molecule has 2 aromatic carbocycles. The molecule has 0 spiro atoms. The monoisotopic (exact) mass is 388 g/mol. The van der Waals surface area contributed by atoms with E-state index in [0.717, 1.165) is 5.56 Å². The molecule has 1 amide bonds. The van der Waals surface area contributed by atoms with Crippen molar-refractivity contribution in [1.82, 2.24) is 4.31 Å². The Labute approximate surface area is 160 Å². The summed E-state index contributed by atoms with van der Waals surface area (Å²) in [5.74, 6) is -0.527. The number of carbonyl (C=O) groups excluding carboxylic acids is 1. The normalized spacial score (nSPS) is 18.2. The van der Waals surface area contributed by atoms with E-state index in [-0.39, 0.29) is 23.3 Å². The fourth-order valence-corrected chi connectivity index (χ4v) is 4.81. The third-order valence-corrected chi connectivity index (χ3v) is 6.52. The maximum atomic E-state index is 12.8. The van der Waals surface area contributed by atoms with Crippen LogP contribution < -0.4 is 5.32 Å². The molecule has 1 saturated heterocycles. The van der Waals surface area contributed by atoms with Crippen molar-refractivity contribution in [3.63, 3.8) is 0 Å².